The van der Waals surface area contributed by atoms with Gasteiger partial charge in [-0.1, -0.05) is 0 Å². The number of aliphatic hydroxyl groups excluding tert-OH is 2. The first-order valence-corrected chi connectivity index (χ1v) is 9.72. The molecule has 2 rings (SSSR count). The number of aromatic nitrogens is 3. The number of aliphatic hydroxyl groups is 2. The van der Waals surface area contributed by atoms with Crippen LogP contribution in [0.4, 0.5) is 0 Å². The minimum Gasteiger partial charge on any atom is -0.391 e. The highest BCUT2D eigenvalue weighted by Gasteiger charge is 2.45. The Morgan fingerprint density at radius 2 is 2.12 bits per heavy atom. The predicted molar refractivity (Wildman–Crippen MR) is 85.7 cm³/mol. The maximum absolute atomic E-state index is 12.3. The second kappa shape index (κ2) is 7.42. The Labute approximate surface area is 150 Å². The first kappa shape index (κ1) is 20.5. The van der Waals surface area contributed by atoms with Crippen LogP contribution < -0.4 is 0 Å². The zero-order valence-corrected chi connectivity index (χ0v) is 15.7. The van der Waals surface area contributed by atoms with Gasteiger partial charge in [0.25, 0.3) is 5.82 Å². The maximum atomic E-state index is 12.3. The summed E-state index contributed by atoms with van der Waals surface area (Å²) >= 11 is 0. The van der Waals surface area contributed by atoms with Crippen molar-refractivity contribution in [2.75, 3.05) is 13.3 Å². The van der Waals surface area contributed by atoms with Crippen molar-refractivity contribution in [1.29, 1.82) is 5.26 Å². The predicted octanol–water partition coefficient (Wildman–Crippen LogP) is 0.198. The lowest BCUT2D eigenvalue weighted by Gasteiger charge is -2.22. The fraction of sp³-hybridized carbons (Fsp3) is 0.714. The lowest BCUT2D eigenvalue weighted by Crippen LogP contribution is -2.34. The average Bonchev–Trinajstić information content (AvgIpc) is 3.10. The Balaban J connectivity index is 1.98. The van der Waals surface area contributed by atoms with Gasteiger partial charge in [0, 0.05) is 0 Å². The van der Waals surface area contributed by atoms with Gasteiger partial charge >= 0.3 is 13.6 Å². The van der Waals surface area contributed by atoms with Crippen LogP contribution in [0.25, 0.3) is 0 Å². The molecule has 1 aromatic heterocycles. The summed E-state index contributed by atoms with van der Waals surface area (Å²) in [6.45, 7) is 5.55. The largest absolute Gasteiger partial charge is 0.391 e. The van der Waals surface area contributed by atoms with Gasteiger partial charge < -0.3 is 19.5 Å². The smallest absolute Gasteiger partial charge is 0.378 e. The van der Waals surface area contributed by atoms with Crippen LogP contribution in [0.2, 0.25) is 0 Å². The minimum absolute atomic E-state index is 0.123. The topological polar surface area (TPSA) is 157 Å². The number of nitriles is 1. The molecule has 1 fully saturated rings. The molecule has 2 N–H and O–H groups in total. The van der Waals surface area contributed by atoms with Crippen LogP contribution in [-0.2, 0) is 23.1 Å². The third kappa shape index (κ3) is 4.66. The summed E-state index contributed by atoms with van der Waals surface area (Å²) in [5, 5.41) is 32.7. The summed E-state index contributed by atoms with van der Waals surface area (Å²) in [5.74, 6) is -0.817. The van der Waals surface area contributed by atoms with Crippen LogP contribution >= 0.6 is 7.60 Å². The highest BCUT2D eigenvalue weighted by Crippen LogP contribution is 2.46. The van der Waals surface area contributed by atoms with Gasteiger partial charge in [-0.3, -0.25) is 9.32 Å². The van der Waals surface area contributed by atoms with Gasteiger partial charge in [0.2, 0.25) is 0 Å². The van der Waals surface area contributed by atoms with Gasteiger partial charge in [0.15, 0.2) is 6.23 Å². The lowest BCUT2D eigenvalue weighted by atomic mass is 9.98. The second-order valence-electron chi connectivity index (χ2n) is 6.90. The van der Waals surface area contributed by atoms with E-state index < -0.39 is 43.5 Å². The summed E-state index contributed by atoms with van der Waals surface area (Å²) < 4.78 is 28.8. The molecule has 11 nitrogen and oxygen atoms in total. The quantitative estimate of drug-likeness (QED) is 0.668. The van der Waals surface area contributed by atoms with Gasteiger partial charge in [0.1, 0.15) is 30.7 Å². The molecule has 26 heavy (non-hydrogen) atoms. The van der Waals surface area contributed by atoms with Crippen molar-refractivity contribution in [3.8, 4) is 6.07 Å². The van der Waals surface area contributed by atoms with Crippen molar-refractivity contribution in [2.24, 2.45) is 5.41 Å². The molecule has 2 heterocycles. The number of hydrogen-bond donors (Lipinski definition) is 2. The number of carbonyl (C=O) groups is 1. The van der Waals surface area contributed by atoms with E-state index in [0.717, 1.165) is 11.3 Å². The van der Waals surface area contributed by atoms with Gasteiger partial charge in [-0.2, -0.15) is 5.26 Å². The maximum Gasteiger partial charge on any atom is 0.378 e. The SMILES string of the molecule is CC(C)(C)C(=O)OP(C)(=O)OC[C@H]1OC(n2cnc(C#N)n2)[C@H](O)[C@@H]1O. The standard InChI is InChI=1S/C14H21N4O7P/c1-14(2,3)13(21)25-26(4,22)23-6-8-10(19)11(20)12(24-8)18-7-16-9(5-15)17-18/h7-8,10-12,19-20H,6H2,1-4H3/t8-,10-,11-,12?,26?/m1/s1. The van der Waals surface area contributed by atoms with Crippen LogP contribution in [0.3, 0.4) is 0 Å². The van der Waals surface area contributed by atoms with Gasteiger partial charge in [-0.15, -0.1) is 5.10 Å². The Hall–Kier alpha value is -1.83. The van der Waals surface area contributed by atoms with E-state index in [1.54, 1.807) is 26.8 Å². The fourth-order valence-electron chi connectivity index (χ4n) is 2.06. The number of ether oxygens (including phenoxy) is 1. The van der Waals surface area contributed by atoms with Crippen molar-refractivity contribution >= 4 is 13.6 Å². The highest BCUT2D eigenvalue weighted by molar-refractivity contribution is 7.53. The van der Waals surface area contributed by atoms with Gasteiger partial charge in [-0.25, -0.2) is 14.2 Å². The molecule has 0 bridgehead atoms. The van der Waals surface area contributed by atoms with Crippen LogP contribution in [0, 0.1) is 16.7 Å². The first-order chi connectivity index (χ1) is 11.9. The summed E-state index contributed by atoms with van der Waals surface area (Å²) in [5.41, 5.74) is -0.856. The molecular formula is C14H21N4O7P. The molecule has 0 spiro atoms. The van der Waals surface area contributed by atoms with Crippen LogP contribution in [0.15, 0.2) is 6.33 Å². The molecule has 12 heteroatoms. The van der Waals surface area contributed by atoms with Crippen LogP contribution in [-0.4, -0.2) is 62.5 Å². The normalized spacial score (nSPS) is 28.3. The number of rotatable bonds is 5. The summed E-state index contributed by atoms with van der Waals surface area (Å²) in [6, 6.07) is 1.73. The molecule has 0 aliphatic carbocycles. The molecular weight excluding hydrogens is 367 g/mol. The molecule has 1 aliphatic heterocycles. The molecule has 0 amide bonds. The number of hydrogen-bond acceptors (Lipinski definition) is 10. The Bertz CT molecular complexity index is 753. The molecule has 5 atom stereocenters. The Morgan fingerprint density at radius 3 is 2.65 bits per heavy atom. The van der Waals surface area contributed by atoms with Crippen molar-refractivity contribution in [3.63, 3.8) is 0 Å². The van der Waals surface area contributed by atoms with E-state index in [9.17, 15) is 19.6 Å². The third-order valence-corrected chi connectivity index (χ3v) is 4.66. The van der Waals surface area contributed by atoms with Gasteiger partial charge in [-0.05, 0) is 20.8 Å². The minimum atomic E-state index is -3.74. The van der Waals surface area contributed by atoms with E-state index in [0.29, 0.717) is 0 Å². The molecule has 1 aliphatic rings. The average molecular weight is 388 g/mol. The van der Waals surface area contributed by atoms with E-state index in [1.807, 2.05) is 0 Å². The monoisotopic (exact) mass is 388 g/mol. The molecule has 144 valence electrons. The highest BCUT2D eigenvalue weighted by atomic mass is 31.2. The zero-order valence-electron chi connectivity index (χ0n) is 14.8. The molecule has 1 saturated heterocycles. The summed E-state index contributed by atoms with van der Waals surface area (Å²) in [6.07, 6.45) is -3.70. The number of carbonyl (C=O) groups excluding carboxylic acids is 1. The van der Waals surface area contributed by atoms with Crippen molar-refractivity contribution in [1.82, 2.24) is 14.8 Å². The van der Waals surface area contributed by atoms with Crippen molar-refractivity contribution in [2.45, 2.75) is 45.3 Å². The molecule has 0 saturated carbocycles. The summed E-state index contributed by atoms with van der Waals surface area (Å²) in [7, 11) is -3.74. The van der Waals surface area contributed by atoms with Crippen molar-refractivity contribution in [3.05, 3.63) is 12.2 Å². The lowest BCUT2D eigenvalue weighted by molar-refractivity contribution is -0.143. The van der Waals surface area contributed by atoms with Gasteiger partial charge in [0.05, 0.1) is 18.7 Å². The third-order valence-electron chi connectivity index (χ3n) is 3.54. The number of nitrogens with zero attached hydrogens (tertiary/aromatic N) is 4. The molecule has 1 aromatic rings. The van der Waals surface area contributed by atoms with E-state index in [-0.39, 0.29) is 12.4 Å². The van der Waals surface area contributed by atoms with Crippen LogP contribution in [0.1, 0.15) is 32.8 Å². The second-order valence-corrected chi connectivity index (χ2v) is 8.89. The molecule has 0 radical (unpaired) electrons. The van der Waals surface area contributed by atoms with Crippen molar-refractivity contribution < 1.29 is 33.4 Å². The molecule has 2 unspecified atom stereocenters. The van der Waals surface area contributed by atoms with E-state index >= 15 is 0 Å². The zero-order chi connectivity index (χ0) is 19.7. The van der Waals surface area contributed by atoms with Crippen LogP contribution in [0.5, 0.6) is 0 Å². The first-order valence-electron chi connectivity index (χ1n) is 7.73. The summed E-state index contributed by atoms with van der Waals surface area (Å²) in [4.78, 5) is 15.5. The Kier molecular flexibility index (Phi) is 5.85. The van der Waals surface area contributed by atoms with E-state index in [1.165, 1.54) is 6.33 Å². The Morgan fingerprint density at radius 1 is 1.46 bits per heavy atom. The van der Waals surface area contributed by atoms with E-state index in [2.05, 4.69) is 10.1 Å². The fourth-order valence-corrected chi connectivity index (χ4v) is 3.10. The van der Waals surface area contributed by atoms with E-state index in [4.69, 9.17) is 19.0 Å². The molecule has 0 aromatic carbocycles.